The van der Waals surface area contributed by atoms with Crippen LogP contribution >= 0.6 is 0 Å². The molecule has 0 aromatic heterocycles. The molecule has 82 valence electrons. The number of aliphatic hydroxyl groups is 1. The summed E-state index contributed by atoms with van der Waals surface area (Å²) in [6.07, 6.45) is 1.50. The van der Waals surface area contributed by atoms with E-state index in [0.717, 1.165) is 12.8 Å². The monoisotopic (exact) mass is 206 g/mol. The molecule has 0 aliphatic carbocycles. The van der Waals surface area contributed by atoms with E-state index in [4.69, 9.17) is 4.74 Å². The minimum atomic E-state index is -0.194. The van der Waals surface area contributed by atoms with Crippen LogP contribution in [0.15, 0.2) is 24.3 Å². The second kappa shape index (κ2) is 4.77. The van der Waals surface area contributed by atoms with E-state index in [2.05, 4.69) is 31.2 Å². The summed E-state index contributed by atoms with van der Waals surface area (Å²) in [5.41, 5.74) is 2.56. The lowest BCUT2D eigenvalue weighted by Crippen LogP contribution is -2.33. The molecule has 0 spiro atoms. The fourth-order valence-corrected chi connectivity index (χ4v) is 2.01. The zero-order valence-corrected chi connectivity index (χ0v) is 9.15. The summed E-state index contributed by atoms with van der Waals surface area (Å²) in [6.45, 7) is 3.48. The molecule has 2 atom stereocenters. The van der Waals surface area contributed by atoms with E-state index in [9.17, 15) is 5.11 Å². The third kappa shape index (κ3) is 2.80. The molecule has 2 heteroatoms. The molecular formula is C13H18O2. The maximum atomic E-state index is 9.80. The Bertz CT molecular complexity index is 305. The second-order valence-electron chi connectivity index (χ2n) is 4.38. The number of rotatable bonds is 2. The topological polar surface area (TPSA) is 29.5 Å². The van der Waals surface area contributed by atoms with Crippen LogP contribution in [0.25, 0.3) is 0 Å². The Morgan fingerprint density at radius 1 is 1.33 bits per heavy atom. The van der Waals surface area contributed by atoms with Crippen molar-refractivity contribution in [3.05, 3.63) is 35.4 Å². The van der Waals surface area contributed by atoms with Gasteiger partial charge in [-0.3, -0.25) is 0 Å². The molecule has 0 amide bonds. The summed E-state index contributed by atoms with van der Waals surface area (Å²) >= 11 is 0. The molecule has 0 radical (unpaired) electrons. The quantitative estimate of drug-likeness (QED) is 0.801. The van der Waals surface area contributed by atoms with Crippen molar-refractivity contribution >= 4 is 0 Å². The predicted octanol–water partition coefficient (Wildman–Crippen LogP) is 1.93. The van der Waals surface area contributed by atoms with E-state index >= 15 is 0 Å². The van der Waals surface area contributed by atoms with Crippen molar-refractivity contribution in [1.82, 2.24) is 0 Å². The van der Waals surface area contributed by atoms with Crippen molar-refractivity contribution in [2.75, 3.05) is 13.2 Å². The molecule has 0 unspecified atom stereocenters. The smallest absolute Gasteiger partial charge is 0.0615 e. The molecular weight excluding hydrogens is 188 g/mol. The minimum Gasteiger partial charge on any atom is -0.393 e. The third-order valence-electron chi connectivity index (χ3n) is 3.05. The zero-order chi connectivity index (χ0) is 10.7. The van der Waals surface area contributed by atoms with Gasteiger partial charge in [-0.05, 0) is 25.3 Å². The normalized spacial score (nSPS) is 26.5. The highest BCUT2D eigenvalue weighted by Crippen LogP contribution is 2.19. The maximum absolute atomic E-state index is 9.80. The lowest BCUT2D eigenvalue weighted by molar-refractivity contribution is -0.0350. The first-order valence-corrected chi connectivity index (χ1v) is 5.57. The number of hydrogen-bond donors (Lipinski definition) is 1. The molecule has 1 aliphatic rings. The number of benzene rings is 1. The van der Waals surface area contributed by atoms with Crippen molar-refractivity contribution in [2.24, 2.45) is 5.92 Å². The van der Waals surface area contributed by atoms with Crippen LogP contribution in [0.3, 0.4) is 0 Å². The van der Waals surface area contributed by atoms with E-state index in [1.54, 1.807) is 0 Å². The van der Waals surface area contributed by atoms with E-state index in [-0.39, 0.29) is 12.0 Å². The van der Waals surface area contributed by atoms with Crippen LogP contribution < -0.4 is 0 Å². The zero-order valence-electron chi connectivity index (χ0n) is 9.15. The van der Waals surface area contributed by atoms with Gasteiger partial charge in [0, 0.05) is 12.5 Å². The van der Waals surface area contributed by atoms with Crippen LogP contribution in [0.5, 0.6) is 0 Å². The third-order valence-corrected chi connectivity index (χ3v) is 3.05. The Morgan fingerprint density at radius 2 is 2.07 bits per heavy atom. The van der Waals surface area contributed by atoms with Gasteiger partial charge < -0.3 is 9.84 Å². The van der Waals surface area contributed by atoms with Crippen molar-refractivity contribution in [3.8, 4) is 0 Å². The Kier molecular flexibility index (Phi) is 3.39. The first kappa shape index (κ1) is 10.7. The molecule has 2 nitrogen and oxygen atoms in total. The predicted molar refractivity (Wildman–Crippen MR) is 59.8 cm³/mol. The van der Waals surface area contributed by atoms with Crippen LogP contribution in [0.1, 0.15) is 17.5 Å². The number of aryl methyl sites for hydroxylation is 1. The molecule has 1 aromatic rings. The summed E-state index contributed by atoms with van der Waals surface area (Å²) < 4.78 is 5.39. The van der Waals surface area contributed by atoms with Gasteiger partial charge in [0.2, 0.25) is 0 Å². The van der Waals surface area contributed by atoms with E-state index in [1.807, 2.05) is 0 Å². The summed E-state index contributed by atoms with van der Waals surface area (Å²) in [7, 11) is 0. The molecule has 1 saturated heterocycles. The molecule has 15 heavy (non-hydrogen) atoms. The summed E-state index contributed by atoms with van der Waals surface area (Å²) in [4.78, 5) is 0. The maximum Gasteiger partial charge on any atom is 0.0615 e. The molecule has 0 saturated carbocycles. The van der Waals surface area contributed by atoms with Gasteiger partial charge in [0.25, 0.3) is 0 Å². The Hall–Kier alpha value is -0.860. The van der Waals surface area contributed by atoms with E-state index in [1.165, 1.54) is 11.1 Å². The van der Waals surface area contributed by atoms with Gasteiger partial charge in [0.1, 0.15) is 0 Å². The van der Waals surface area contributed by atoms with Crippen molar-refractivity contribution in [2.45, 2.75) is 25.9 Å². The number of ether oxygens (including phenoxy) is 1. The Morgan fingerprint density at radius 3 is 2.73 bits per heavy atom. The standard InChI is InChI=1S/C13H18O2/c1-10-2-4-11(5-3-10)8-12-9-15-7-6-13(12)14/h2-5,12-14H,6-9H2,1H3/t12-,13-/m1/s1. The summed E-state index contributed by atoms with van der Waals surface area (Å²) in [6, 6.07) is 8.50. The SMILES string of the molecule is Cc1ccc(C[C@@H]2COCC[C@H]2O)cc1. The Labute approximate surface area is 90.9 Å². The number of hydrogen-bond acceptors (Lipinski definition) is 2. The van der Waals surface area contributed by atoms with Crippen LogP contribution in [-0.4, -0.2) is 24.4 Å². The fraction of sp³-hybridized carbons (Fsp3) is 0.538. The highest BCUT2D eigenvalue weighted by Gasteiger charge is 2.23. The van der Waals surface area contributed by atoms with Gasteiger partial charge >= 0.3 is 0 Å². The van der Waals surface area contributed by atoms with Gasteiger partial charge in [-0.25, -0.2) is 0 Å². The van der Waals surface area contributed by atoms with Gasteiger partial charge in [-0.15, -0.1) is 0 Å². The lowest BCUT2D eigenvalue weighted by atomic mass is 9.91. The molecule has 1 N–H and O–H groups in total. The largest absolute Gasteiger partial charge is 0.393 e. The van der Waals surface area contributed by atoms with Crippen LogP contribution in [0.4, 0.5) is 0 Å². The van der Waals surface area contributed by atoms with Gasteiger partial charge in [0.15, 0.2) is 0 Å². The van der Waals surface area contributed by atoms with Crippen LogP contribution in [0, 0.1) is 12.8 Å². The van der Waals surface area contributed by atoms with Gasteiger partial charge in [0.05, 0.1) is 12.7 Å². The average molecular weight is 206 g/mol. The second-order valence-corrected chi connectivity index (χ2v) is 4.38. The lowest BCUT2D eigenvalue weighted by Gasteiger charge is -2.27. The fourth-order valence-electron chi connectivity index (χ4n) is 2.01. The van der Waals surface area contributed by atoms with Gasteiger partial charge in [-0.2, -0.15) is 0 Å². The van der Waals surface area contributed by atoms with Crippen LogP contribution in [0.2, 0.25) is 0 Å². The number of aliphatic hydroxyl groups excluding tert-OH is 1. The molecule has 0 bridgehead atoms. The molecule has 1 aromatic carbocycles. The average Bonchev–Trinajstić information content (AvgIpc) is 2.25. The molecule has 2 rings (SSSR count). The summed E-state index contributed by atoms with van der Waals surface area (Å²) in [5, 5.41) is 9.80. The van der Waals surface area contributed by atoms with E-state index < -0.39 is 0 Å². The van der Waals surface area contributed by atoms with Crippen molar-refractivity contribution < 1.29 is 9.84 Å². The molecule has 1 fully saturated rings. The highest BCUT2D eigenvalue weighted by atomic mass is 16.5. The Balaban J connectivity index is 1.98. The first-order valence-electron chi connectivity index (χ1n) is 5.57. The van der Waals surface area contributed by atoms with E-state index in [0.29, 0.717) is 13.2 Å². The van der Waals surface area contributed by atoms with Gasteiger partial charge in [-0.1, -0.05) is 29.8 Å². The minimum absolute atomic E-state index is 0.194. The van der Waals surface area contributed by atoms with Crippen LogP contribution in [-0.2, 0) is 11.2 Å². The first-order chi connectivity index (χ1) is 7.25. The molecule has 1 heterocycles. The van der Waals surface area contributed by atoms with Crippen molar-refractivity contribution in [3.63, 3.8) is 0 Å². The summed E-state index contributed by atoms with van der Waals surface area (Å²) in [5.74, 6) is 0.265. The highest BCUT2D eigenvalue weighted by molar-refractivity contribution is 5.21. The molecule has 1 aliphatic heterocycles. The van der Waals surface area contributed by atoms with Crippen molar-refractivity contribution in [1.29, 1.82) is 0 Å².